The number of phenolic OH excluding ortho intramolecular Hbond substituents is 1. The fourth-order valence-electron chi connectivity index (χ4n) is 4.29. The number of aromatic hydroxyl groups is 1. The van der Waals surface area contributed by atoms with Gasteiger partial charge >= 0.3 is 0 Å². The Kier molecular flexibility index (Phi) is 4.89. The molecule has 122 valence electrons. The van der Waals surface area contributed by atoms with Gasteiger partial charge in [0, 0.05) is 36.2 Å². The summed E-state index contributed by atoms with van der Waals surface area (Å²) in [7, 11) is 1.83. The first-order chi connectivity index (χ1) is 10.6. The Hall–Kier alpha value is -0.480. The second-order valence-electron chi connectivity index (χ2n) is 6.65. The van der Waals surface area contributed by atoms with Crippen molar-refractivity contribution in [2.45, 2.75) is 44.8 Å². The third-order valence-electron chi connectivity index (χ3n) is 5.34. The minimum atomic E-state index is 0.100. The van der Waals surface area contributed by atoms with Crippen molar-refractivity contribution in [3.8, 4) is 5.75 Å². The lowest BCUT2D eigenvalue weighted by Gasteiger charge is -2.43. The molecule has 2 fully saturated rings. The first-order valence-electron chi connectivity index (χ1n) is 7.97. The number of nitrogens with zero attached hydrogens (tertiary/aromatic N) is 1. The number of ether oxygens (including phenoxy) is 1. The van der Waals surface area contributed by atoms with Gasteiger partial charge < -0.3 is 9.84 Å². The molecule has 1 aliphatic carbocycles. The average molecular weight is 344 g/mol. The van der Waals surface area contributed by atoms with Crippen molar-refractivity contribution in [1.82, 2.24) is 4.90 Å². The Morgan fingerprint density at radius 1 is 1.32 bits per heavy atom. The van der Waals surface area contributed by atoms with Crippen molar-refractivity contribution < 1.29 is 9.84 Å². The van der Waals surface area contributed by atoms with E-state index in [-0.39, 0.29) is 11.2 Å². The fourth-order valence-corrected chi connectivity index (χ4v) is 4.78. The molecule has 3 rings (SSSR count). The van der Waals surface area contributed by atoms with E-state index in [1.807, 2.05) is 7.11 Å². The fraction of sp³-hybridized carbons (Fsp3) is 0.647. The highest BCUT2D eigenvalue weighted by atomic mass is 35.5. The second-order valence-corrected chi connectivity index (χ2v) is 7.44. The van der Waals surface area contributed by atoms with Gasteiger partial charge in [-0.25, -0.2) is 0 Å². The van der Waals surface area contributed by atoms with Crippen LogP contribution in [0.25, 0.3) is 0 Å². The zero-order valence-electron chi connectivity index (χ0n) is 12.9. The molecule has 1 spiro atoms. The number of hydrogen-bond donors (Lipinski definition) is 1. The van der Waals surface area contributed by atoms with Crippen molar-refractivity contribution in [2.75, 3.05) is 20.2 Å². The van der Waals surface area contributed by atoms with E-state index >= 15 is 0 Å². The molecule has 2 aliphatic rings. The van der Waals surface area contributed by atoms with Crippen LogP contribution in [0.3, 0.4) is 0 Å². The number of phenols is 1. The predicted octanol–water partition coefficient (Wildman–Crippen LogP) is 4.48. The summed E-state index contributed by atoms with van der Waals surface area (Å²) in [5.74, 6) is 0.100. The zero-order chi connectivity index (χ0) is 15.7. The molecule has 1 aromatic carbocycles. The molecule has 0 radical (unpaired) electrons. The number of rotatable bonds is 3. The highest BCUT2D eigenvalue weighted by molar-refractivity contribution is 6.36. The van der Waals surface area contributed by atoms with Crippen molar-refractivity contribution in [1.29, 1.82) is 0 Å². The van der Waals surface area contributed by atoms with Crippen LogP contribution in [0.1, 0.15) is 37.7 Å². The number of methoxy groups -OCH3 is 1. The van der Waals surface area contributed by atoms with Gasteiger partial charge in [-0.15, -0.1) is 0 Å². The van der Waals surface area contributed by atoms with Crippen LogP contribution in [-0.2, 0) is 11.3 Å². The van der Waals surface area contributed by atoms with Crippen LogP contribution in [0, 0.1) is 5.41 Å². The van der Waals surface area contributed by atoms with Gasteiger partial charge in [-0.05, 0) is 44.4 Å². The number of likely N-dealkylation sites (tertiary alicyclic amines) is 1. The Morgan fingerprint density at radius 2 is 2.09 bits per heavy atom. The number of hydrogen-bond acceptors (Lipinski definition) is 3. The van der Waals surface area contributed by atoms with Gasteiger partial charge in [0.25, 0.3) is 0 Å². The molecule has 1 heterocycles. The summed E-state index contributed by atoms with van der Waals surface area (Å²) in [6.07, 6.45) is 6.43. The van der Waals surface area contributed by atoms with E-state index in [1.54, 1.807) is 12.1 Å². The standard InChI is InChI=1S/C17H23Cl2NO2/c1-22-15-4-2-7-17(15)8-3-9-20(11-17)10-12-13(18)5-6-14(21)16(12)19/h5-6,15,21H,2-4,7-11H2,1H3/t15-,17-/m1/s1. The molecular formula is C17H23Cl2NO2. The van der Waals surface area contributed by atoms with E-state index in [0.29, 0.717) is 22.7 Å². The Morgan fingerprint density at radius 3 is 2.86 bits per heavy atom. The molecule has 22 heavy (non-hydrogen) atoms. The van der Waals surface area contributed by atoms with Gasteiger partial charge in [-0.2, -0.15) is 0 Å². The van der Waals surface area contributed by atoms with E-state index in [1.165, 1.54) is 25.7 Å². The maximum absolute atomic E-state index is 9.81. The molecule has 1 N–H and O–H groups in total. The maximum Gasteiger partial charge on any atom is 0.134 e. The van der Waals surface area contributed by atoms with Crippen LogP contribution in [0.5, 0.6) is 5.75 Å². The van der Waals surface area contributed by atoms with Crippen molar-refractivity contribution in [3.63, 3.8) is 0 Å². The van der Waals surface area contributed by atoms with Gasteiger partial charge in [-0.3, -0.25) is 4.90 Å². The largest absolute Gasteiger partial charge is 0.506 e. The molecule has 0 unspecified atom stereocenters. The van der Waals surface area contributed by atoms with Gasteiger partial charge in [0.15, 0.2) is 0 Å². The summed E-state index contributed by atoms with van der Waals surface area (Å²) in [5.41, 5.74) is 1.11. The molecule has 1 saturated carbocycles. The van der Waals surface area contributed by atoms with Crippen LogP contribution < -0.4 is 0 Å². The Bertz CT molecular complexity index is 552. The first kappa shape index (κ1) is 16.4. The average Bonchev–Trinajstić information content (AvgIpc) is 2.89. The maximum atomic E-state index is 9.81. The van der Waals surface area contributed by atoms with Crippen molar-refractivity contribution in [3.05, 3.63) is 27.7 Å². The summed E-state index contributed by atoms with van der Waals surface area (Å²) in [4.78, 5) is 2.41. The van der Waals surface area contributed by atoms with Crippen LogP contribution in [0.15, 0.2) is 12.1 Å². The van der Waals surface area contributed by atoms with Gasteiger partial charge in [0.2, 0.25) is 0 Å². The molecule has 1 saturated heterocycles. The lowest BCUT2D eigenvalue weighted by molar-refractivity contribution is -0.0366. The Labute approximate surface area is 142 Å². The SMILES string of the molecule is CO[C@@H]1CCC[C@]12CCCN(Cc1c(Cl)ccc(O)c1Cl)C2. The smallest absolute Gasteiger partial charge is 0.134 e. The summed E-state index contributed by atoms with van der Waals surface area (Å²) in [6.45, 7) is 2.75. The third kappa shape index (κ3) is 2.96. The van der Waals surface area contributed by atoms with Crippen molar-refractivity contribution >= 4 is 23.2 Å². The lowest BCUT2D eigenvalue weighted by atomic mass is 9.76. The highest BCUT2D eigenvalue weighted by Crippen LogP contribution is 2.47. The molecule has 1 aliphatic heterocycles. The van der Waals surface area contributed by atoms with Gasteiger partial charge in [0.1, 0.15) is 5.75 Å². The van der Waals surface area contributed by atoms with Gasteiger partial charge in [-0.1, -0.05) is 29.6 Å². The normalized spacial score (nSPS) is 29.3. The van der Waals surface area contributed by atoms with E-state index in [9.17, 15) is 5.11 Å². The zero-order valence-corrected chi connectivity index (χ0v) is 14.5. The topological polar surface area (TPSA) is 32.7 Å². The summed E-state index contributed by atoms with van der Waals surface area (Å²) in [5, 5.41) is 10.8. The first-order valence-corrected chi connectivity index (χ1v) is 8.72. The minimum Gasteiger partial charge on any atom is -0.506 e. The summed E-state index contributed by atoms with van der Waals surface area (Å²) >= 11 is 12.5. The minimum absolute atomic E-state index is 0.100. The number of halogens is 2. The van der Waals surface area contributed by atoms with E-state index in [0.717, 1.165) is 25.1 Å². The van der Waals surface area contributed by atoms with Crippen molar-refractivity contribution in [2.24, 2.45) is 5.41 Å². The molecule has 5 heteroatoms. The monoisotopic (exact) mass is 343 g/mol. The molecule has 1 aromatic rings. The molecule has 2 atom stereocenters. The highest BCUT2D eigenvalue weighted by Gasteiger charge is 2.45. The molecule has 0 aromatic heterocycles. The molecule has 0 bridgehead atoms. The van der Waals surface area contributed by atoms with Crippen LogP contribution in [0.2, 0.25) is 10.0 Å². The lowest BCUT2D eigenvalue weighted by Crippen LogP contribution is -2.47. The summed E-state index contributed by atoms with van der Waals surface area (Å²) in [6, 6.07) is 3.26. The van der Waals surface area contributed by atoms with Crippen LogP contribution in [-0.4, -0.2) is 36.3 Å². The van der Waals surface area contributed by atoms with E-state index < -0.39 is 0 Å². The second kappa shape index (κ2) is 6.56. The third-order valence-corrected chi connectivity index (χ3v) is 6.12. The van der Waals surface area contributed by atoms with Crippen LogP contribution in [0.4, 0.5) is 0 Å². The van der Waals surface area contributed by atoms with E-state index in [2.05, 4.69) is 4.90 Å². The Balaban J connectivity index is 1.78. The van der Waals surface area contributed by atoms with Crippen LogP contribution >= 0.6 is 23.2 Å². The summed E-state index contributed by atoms with van der Waals surface area (Å²) < 4.78 is 5.75. The quantitative estimate of drug-likeness (QED) is 0.878. The molecule has 0 amide bonds. The number of piperidine rings is 1. The number of benzene rings is 1. The van der Waals surface area contributed by atoms with E-state index in [4.69, 9.17) is 27.9 Å². The molecular weight excluding hydrogens is 321 g/mol. The van der Waals surface area contributed by atoms with Gasteiger partial charge in [0.05, 0.1) is 11.1 Å². The predicted molar refractivity (Wildman–Crippen MR) is 89.7 cm³/mol. The molecule has 3 nitrogen and oxygen atoms in total.